The molecule has 1 aromatic heterocycles. The predicted molar refractivity (Wildman–Crippen MR) is 126 cm³/mol. The number of aryl methyl sites for hydroxylation is 1. The molecule has 2 aliphatic heterocycles. The van der Waals surface area contributed by atoms with Crippen molar-refractivity contribution < 1.29 is 33.7 Å². The van der Waals surface area contributed by atoms with E-state index >= 15 is 4.39 Å². The average Bonchev–Trinajstić information content (AvgIpc) is 2.77. The van der Waals surface area contributed by atoms with E-state index < -0.39 is 35.2 Å². The maximum atomic E-state index is 15.3. The van der Waals surface area contributed by atoms with Gasteiger partial charge in [0.1, 0.15) is 23.5 Å². The van der Waals surface area contributed by atoms with Gasteiger partial charge in [0.05, 0.1) is 11.2 Å². The van der Waals surface area contributed by atoms with E-state index in [0.29, 0.717) is 50.0 Å². The summed E-state index contributed by atoms with van der Waals surface area (Å²) in [5, 5.41) is 16.9. The van der Waals surface area contributed by atoms with Crippen molar-refractivity contribution in [2.24, 2.45) is 5.73 Å². The van der Waals surface area contributed by atoms with Crippen molar-refractivity contribution in [2.75, 3.05) is 18.0 Å². The summed E-state index contributed by atoms with van der Waals surface area (Å²) in [7, 11) is 0. The highest BCUT2D eigenvalue weighted by atomic mass is 19.1. The number of hydrogen-bond acceptors (Lipinski definition) is 7. The molecule has 0 amide bonds. The minimum atomic E-state index is -1.32. The van der Waals surface area contributed by atoms with E-state index in [-0.39, 0.29) is 23.1 Å². The third-order valence-electron chi connectivity index (χ3n) is 6.27. The number of nitrogens with zero attached hydrogens (tertiary/aromatic N) is 2. The van der Waals surface area contributed by atoms with Gasteiger partial charge in [-0.2, -0.15) is 0 Å². The Bertz CT molecular complexity index is 1210. The number of carboxylic acids is 2. The molecule has 35 heavy (non-hydrogen) atoms. The van der Waals surface area contributed by atoms with Crippen LogP contribution in [0.2, 0.25) is 0 Å². The first-order chi connectivity index (χ1) is 16.4. The number of pyridine rings is 1. The fourth-order valence-electron chi connectivity index (χ4n) is 4.60. The Morgan fingerprint density at radius 2 is 1.80 bits per heavy atom. The van der Waals surface area contributed by atoms with Crippen molar-refractivity contribution in [1.29, 1.82) is 0 Å². The van der Waals surface area contributed by atoms with Crippen LogP contribution in [0.5, 0.6) is 0 Å². The summed E-state index contributed by atoms with van der Waals surface area (Å²) >= 11 is 0. The zero-order valence-electron chi connectivity index (χ0n) is 19.9. The van der Waals surface area contributed by atoms with Gasteiger partial charge in [0.2, 0.25) is 5.43 Å². The summed E-state index contributed by atoms with van der Waals surface area (Å²) in [5.74, 6) is -3.13. The van der Waals surface area contributed by atoms with Crippen molar-refractivity contribution in [2.45, 2.75) is 64.6 Å². The maximum Gasteiger partial charge on any atom is 0.341 e. The Morgan fingerprint density at radius 1 is 1.20 bits per heavy atom. The van der Waals surface area contributed by atoms with Crippen LogP contribution in [-0.2, 0) is 20.7 Å². The van der Waals surface area contributed by atoms with Crippen molar-refractivity contribution in [1.82, 2.24) is 4.57 Å². The SMILES string of the molecule is CC(=O)O.CC(N)C(=O)OC1CCN(c2c(F)cc3c(=O)c(C(=O)O)cn4c3c2CCC4C)CC1. The van der Waals surface area contributed by atoms with Gasteiger partial charge in [0.15, 0.2) is 0 Å². The van der Waals surface area contributed by atoms with Crippen LogP contribution in [0, 0.1) is 5.82 Å². The summed E-state index contributed by atoms with van der Waals surface area (Å²) in [6, 6.07) is 0.477. The fraction of sp³-hybridized carbons (Fsp3) is 0.500. The predicted octanol–water partition coefficient (Wildman–Crippen LogP) is 2.30. The summed E-state index contributed by atoms with van der Waals surface area (Å²) < 4.78 is 22.5. The second-order valence-corrected chi connectivity index (χ2v) is 8.98. The van der Waals surface area contributed by atoms with Gasteiger partial charge in [-0.15, -0.1) is 0 Å². The van der Waals surface area contributed by atoms with E-state index in [1.807, 2.05) is 11.8 Å². The van der Waals surface area contributed by atoms with Crippen molar-refractivity contribution in [3.8, 4) is 0 Å². The molecule has 2 aromatic rings. The monoisotopic (exact) mass is 491 g/mol. The number of halogens is 1. The van der Waals surface area contributed by atoms with Crippen LogP contribution >= 0.6 is 0 Å². The third kappa shape index (κ3) is 5.45. The normalized spacial score (nSPS) is 18.4. The Morgan fingerprint density at radius 3 is 2.34 bits per heavy atom. The molecule has 0 saturated carbocycles. The molecular formula is C24H30FN3O7. The van der Waals surface area contributed by atoms with Gasteiger partial charge in [-0.05, 0) is 32.8 Å². The van der Waals surface area contributed by atoms with Crippen LogP contribution in [0.25, 0.3) is 10.9 Å². The van der Waals surface area contributed by atoms with Crippen molar-refractivity contribution in [3.05, 3.63) is 39.4 Å². The lowest BCUT2D eigenvalue weighted by molar-refractivity contribution is -0.151. The smallest absolute Gasteiger partial charge is 0.341 e. The number of hydrogen-bond donors (Lipinski definition) is 3. The van der Waals surface area contributed by atoms with Crippen LogP contribution in [0.4, 0.5) is 10.1 Å². The Balaban J connectivity index is 0.000000795. The summed E-state index contributed by atoms with van der Waals surface area (Å²) in [4.78, 5) is 46.9. The number of aromatic nitrogens is 1. The number of anilines is 1. The fourth-order valence-corrected chi connectivity index (χ4v) is 4.60. The number of esters is 1. The first-order valence-corrected chi connectivity index (χ1v) is 11.5. The summed E-state index contributed by atoms with van der Waals surface area (Å²) in [6.07, 6.45) is 3.53. The highest BCUT2D eigenvalue weighted by molar-refractivity contribution is 5.95. The van der Waals surface area contributed by atoms with Crippen LogP contribution < -0.4 is 16.1 Å². The molecule has 10 nitrogen and oxygen atoms in total. The van der Waals surface area contributed by atoms with E-state index in [0.717, 1.165) is 12.5 Å². The van der Waals surface area contributed by atoms with Crippen LogP contribution in [-0.4, -0.2) is 57.9 Å². The molecule has 0 aliphatic carbocycles. The van der Waals surface area contributed by atoms with Gasteiger partial charge in [-0.1, -0.05) is 0 Å². The molecule has 2 unspecified atom stereocenters. The van der Waals surface area contributed by atoms with E-state index in [1.165, 1.54) is 12.3 Å². The molecule has 2 atom stereocenters. The summed E-state index contributed by atoms with van der Waals surface area (Å²) in [6.45, 7) is 5.61. The summed E-state index contributed by atoms with van der Waals surface area (Å²) in [5.41, 5.74) is 6.33. The molecule has 1 fully saturated rings. The lowest BCUT2D eigenvalue weighted by atomic mass is 9.93. The molecule has 4 rings (SSSR count). The Labute approximate surface area is 201 Å². The number of benzene rings is 1. The van der Waals surface area contributed by atoms with Gasteiger partial charge in [0.25, 0.3) is 5.97 Å². The topological polar surface area (TPSA) is 152 Å². The Hall–Kier alpha value is -3.47. The van der Waals surface area contributed by atoms with Crippen LogP contribution in [0.15, 0.2) is 17.1 Å². The van der Waals surface area contributed by atoms with E-state index in [2.05, 4.69) is 0 Å². The zero-order valence-corrected chi connectivity index (χ0v) is 19.9. The number of aromatic carboxylic acids is 1. The number of nitrogens with two attached hydrogens (primary N) is 1. The van der Waals surface area contributed by atoms with Gasteiger partial charge in [-0.3, -0.25) is 14.4 Å². The number of piperidine rings is 1. The third-order valence-corrected chi connectivity index (χ3v) is 6.27. The second-order valence-electron chi connectivity index (χ2n) is 8.98. The van der Waals surface area contributed by atoms with Crippen molar-refractivity contribution >= 4 is 34.5 Å². The quantitative estimate of drug-likeness (QED) is 0.547. The van der Waals surface area contributed by atoms with Gasteiger partial charge >= 0.3 is 11.9 Å². The lowest BCUT2D eigenvalue weighted by Crippen LogP contribution is -2.41. The largest absolute Gasteiger partial charge is 0.481 e. The molecule has 1 saturated heterocycles. The first-order valence-electron chi connectivity index (χ1n) is 11.5. The molecule has 0 spiro atoms. The number of carboxylic acid groups (broad SMARTS) is 2. The average molecular weight is 492 g/mol. The number of rotatable bonds is 4. The van der Waals surface area contributed by atoms with E-state index in [4.69, 9.17) is 20.4 Å². The molecule has 2 aliphatic rings. The van der Waals surface area contributed by atoms with Gasteiger partial charge < -0.3 is 30.2 Å². The highest BCUT2D eigenvalue weighted by Gasteiger charge is 2.31. The minimum Gasteiger partial charge on any atom is -0.481 e. The molecular weight excluding hydrogens is 461 g/mol. The van der Waals surface area contributed by atoms with Crippen LogP contribution in [0.3, 0.4) is 0 Å². The van der Waals surface area contributed by atoms with Crippen LogP contribution in [0.1, 0.15) is 62.0 Å². The molecule has 1 aromatic carbocycles. The maximum absolute atomic E-state index is 15.3. The van der Waals surface area contributed by atoms with Crippen molar-refractivity contribution in [3.63, 3.8) is 0 Å². The highest BCUT2D eigenvalue weighted by Crippen LogP contribution is 2.39. The molecule has 3 heterocycles. The lowest BCUT2D eigenvalue weighted by Gasteiger charge is -2.37. The van der Waals surface area contributed by atoms with E-state index in [1.54, 1.807) is 11.5 Å². The molecule has 4 N–H and O–H groups in total. The Kier molecular flexibility index (Phi) is 7.79. The van der Waals surface area contributed by atoms with Gasteiger partial charge in [0, 0.05) is 56.0 Å². The molecule has 190 valence electrons. The number of carbonyl (C=O) groups excluding carboxylic acids is 1. The van der Waals surface area contributed by atoms with E-state index in [9.17, 15) is 19.5 Å². The first kappa shape index (κ1) is 26.1. The standard InChI is InChI=1S/C22H26FN3O5.C2H4O2/c1-11-3-4-14-18-15(20(27)16(21(28)29)10-26(11)18)9-17(23)19(14)25-7-5-13(6-8-25)31-22(30)12(2)24;1-2(3)4/h9-13H,3-8,24H2,1-2H3,(H,28,29);1H3,(H,3,4). The number of ether oxygens (including phenoxy) is 1. The zero-order chi connectivity index (χ0) is 26.0. The number of aliphatic carboxylic acids is 1. The number of carbonyl (C=O) groups is 3. The molecule has 0 bridgehead atoms. The molecule has 11 heteroatoms. The minimum absolute atomic E-state index is 0.00425. The molecule has 0 radical (unpaired) electrons. The second kappa shape index (κ2) is 10.4. The van der Waals surface area contributed by atoms with Gasteiger partial charge in [-0.25, -0.2) is 9.18 Å².